The van der Waals surface area contributed by atoms with Crippen molar-refractivity contribution in [2.75, 3.05) is 13.7 Å². The van der Waals surface area contributed by atoms with E-state index in [1.165, 1.54) is 12.1 Å². The highest BCUT2D eigenvalue weighted by Crippen LogP contribution is 2.24. The van der Waals surface area contributed by atoms with Crippen molar-refractivity contribution < 1.29 is 22.6 Å². The Morgan fingerprint density at radius 1 is 1.14 bits per heavy atom. The van der Waals surface area contributed by atoms with E-state index in [-0.39, 0.29) is 17.4 Å². The zero-order chi connectivity index (χ0) is 16.1. The molecule has 6 heteroatoms. The lowest BCUT2D eigenvalue weighted by Gasteiger charge is -2.34. The lowest BCUT2D eigenvalue weighted by molar-refractivity contribution is -0.274. The molecule has 0 radical (unpaired) electrons. The van der Waals surface area contributed by atoms with E-state index in [9.17, 15) is 13.2 Å². The molecule has 0 aliphatic rings. The number of likely N-dealkylation sites (N-methyl/N-ethyl adjacent to an activating group) is 1. The Hall–Kier alpha value is -1.27. The predicted octanol–water partition coefficient (Wildman–Crippen LogP) is 3.53. The van der Waals surface area contributed by atoms with E-state index in [4.69, 9.17) is 4.74 Å². The molecule has 0 aliphatic heterocycles. The van der Waals surface area contributed by atoms with Gasteiger partial charge in [-0.25, -0.2) is 0 Å². The molecule has 1 aromatic carbocycles. The number of hydrogen-bond acceptors (Lipinski definition) is 3. The molecule has 0 amide bonds. The van der Waals surface area contributed by atoms with E-state index in [0.29, 0.717) is 13.0 Å². The molecule has 0 fully saturated rings. The summed E-state index contributed by atoms with van der Waals surface area (Å²) in [6.45, 7) is 6.50. The summed E-state index contributed by atoms with van der Waals surface area (Å²) in [5.41, 5.74) is 0.543. The Morgan fingerprint density at radius 2 is 1.71 bits per heavy atom. The highest BCUT2D eigenvalue weighted by atomic mass is 19.4. The summed E-state index contributed by atoms with van der Waals surface area (Å²) < 4.78 is 45.9. The number of benzene rings is 1. The molecule has 0 saturated carbocycles. The first kappa shape index (κ1) is 17.8. The standard InChI is InChI=1S/C15H22F3NO2/c1-5-20-14(2,3)13(19-4)10-11-6-8-12(9-7-11)21-15(16,17)18/h6-9,13,19H,5,10H2,1-4H3. The van der Waals surface area contributed by atoms with Crippen molar-refractivity contribution in [3.63, 3.8) is 0 Å². The molecular formula is C15H22F3NO2. The summed E-state index contributed by atoms with van der Waals surface area (Å²) in [6, 6.07) is 5.96. The van der Waals surface area contributed by atoms with E-state index in [0.717, 1.165) is 5.56 Å². The van der Waals surface area contributed by atoms with Crippen LogP contribution in [0.3, 0.4) is 0 Å². The first-order chi connectivity index (χ1) is 9.68. The molecule has 1 N–H and O–H groups in total. The van der Waals surface area contributed by atoms with Crippen LogP contribution in [0.5, 0.6) is 5.75 Å². The maximum atomic E-state index is 12.1. The van der Waals surface area contributed by atoms with Gasteiger partial charge in [0.05, 0.1) is 5.60 Å². The van der Waals surface area contributed by atoms with Gasteiger partial charge in [-0.05, 0) is 51.9 Å². The molecule has 120 valence electrons. The van der Waals surface area contributed by atoms with E-state index in [2.05, 4.69) is 10.1 Å². The number of halogens is 3. The monoisotopic (exact) mass is 305 g/mol. The fourth-order valence-electron chi connectivity index (χ4n) is 2.23. The van der Waals surface area contributed by atoms with Crippen molar-refractivity contribution in [2.45, 2.75) is 45.2 Å². The van der Waals surface area contributed by atoms with Crippen LogP contribution in [0, 0.1) is 0 Å². The average molecular weight is 305 g/mol. The van der Waals surface area contributed by atoms with Crippen LogP contribution in [0.1, 0.15) is 26.3 Å². The van der Waals surface area contributed by atoms with E-state index >= 15 is 0 Å². The number of rotatable bonds is 7. The first-order valence-electron chi connectivity index (χ1n) is 6.84. The number of hydrogen-bond donors (Lipinski definition) is 1. The number of ether oxygens (including phenoxy) is 2. The summed E-state index contributed by atoms with van der Waals surface area (Å²) >= 11 is 0. The second kappa shape index (κ2) is 7.13. The molecule has 1 rings (SSSR count). The van der Waals surface area contributed by atoms with E-state index in [1.807, 2.05) is 27.8 Å². The molecule has 21 heavy (non-hydrogen) atoms. The summed E-state index contributed by atoms with van der Waals surface area (Å²) in [5.74, 6) is -0.212. The third-order valence-corrected chi connectivity index (χ3v) is 3.30. The molecule has 1 aromatic rings. The Bertz CT molecular complexity index is 430. The smallest absolute Gasteiger partial charge is 0.406 e. The van der Waals surface area contributed by atoms with Crippen molar-refractivity contribution in [1.29, 1.82) is 0 Å². The fourth-order valence-corrected chi connectivity index (χ4v) is 2.23. The number of alkyl halides is 3. The van der Waals surface area contributed by atoms with Gasteiger partial charge in [-0.2, -0.15) is 0 Å². The fraction of sp³-hybridized carbons (Fsp3) is 0.600. The molecular weight excluding hydrogens is 283 g/mol. The van der Waals surface area contributed by atoms with Crippen LogP contribution in [-0.4, -0.2) is 31.7 Å². The largest absolute Gasteiger partial charge is 0.573 e. The summed E-state index contributed by atoms with van der Waals surface area (Å²) in [5, 5.41) is 3.19. The summed E-state index contributed by atoms with van der Waals surface area (Å²) in [4.78, 5) is 0. The van der Waals surface area contributed by atoms with Crippen molar-refractivity contribution in [2.24, 2.45) is 0 Å². The van der Waals surface area contributed by atoms with Crippen molar-refractivity contribution in [1.82, 2.24) is 5.32 Å². The molecule has 3 nitrogen and oxygen atoms in total. The van der Waals surface area contributed by atoms with Crippen LogP contribution < -0.4 is 10.1 Å². The van der Waals surface area contributed by atoms with Gasteiger partial charge in [0, 0.05) is 12.6 Å². The number of nitrogens with one attached hydrogen (secondary N) is 1. The molecule has 1 atom stereocenters. The van der Waals surface area contributed by atoms with Crippen LogP contribution in [0.15, 0.2) is 24.3 Å². The summed E-state index contributed by atoms with van der Waals surface area (Å²) in [7, 11) is 1.84. The van der Waals surface area contributed by atoms with Gasteiger partial charge >= 0.3 is 6.36 Å². The molecule has 0 bridgehead atoms. The van der Waals surface area contributed by atoms with Gasteiger partial charge in [0.15, 0.2) is 0 Å². The van der Waals surface area contributed by atoms with Gasteiger partial charge in [0.25, 0.3) is 0 Å². The maximum Gasteiger partial charge on any atom is 0.573 e. The molecule has 0 aliphatic carbocycles. The Balaban J connectivity index is 2.73. The van der Waals surface area contributed by atoms with Gasteiger partial charge in [0.1, 0.15) is 5.75 Å². The van der Waals surface area contributed by atoms with Crippen LogP contribution in [0.25, 0.3) is 0 Å². The van der Waals surface area contributed by atoms with Crippen LogP contribution in [-0.2, 0) is 11.2 Å². The van der Waals surface area contributed by atoms with Gasteiger partial charge in [-0.1, -0.05) is 12.1 Å². The zero-order valence-corrected chi connectivity index (χ0v) is 12.8. The van der Waals surface area contributed by atoms with E-state index in [1.54, 1.807) is 12.1 Å². The van der Waals surface area contributed by atoms with Crippen LogP contribution in [0.2, 0.25) is 0 Å². The molecule has 0 spiro atoms. The normalized spacial score (nSPS) is 14.0. The maximum absolute atomic E-state index is 12.1. The van der Waals surface area contributed by atoms with Crippen molar-refractivity contribution in [3.05, 3.63) is 29.8 Å². The summed E-state index contributed by atoms with van der Waals surface area (Å²) in [6.07, 6.45) is -4.01. The first-order valence-corrected chi connectivity index (χ1v) is 6.84. The van der Waals surface area contributed by atoms with Gasteiger partial charge in [-0.3, -0.25) is 0 Å². The highest BCUT2D eigenvalue weighted by Gasteiger charge is 2.31. The second-order valence-corrected chi connectivity index (χ2v) is 5.27. The average Bonchev–Trinajstić information content (AvgIpc) is 2.35. The van der Waals surface area contributed by atoms with Gasteiger partial charge in [0.2, 0.25) is 0 Å². The van der Waals surface area contributed by atoms with Gasteiger partial charge in [-0.15, -0.1) is 13.2 Å². The van der Waals surface area contributed by atoms with Gasteiger partial charge < -0.3 is 14.8 Å². The highest BCUT2D eigenvalue weighted by molar-refractivity contribution is 5.28. The second-order valence-electron chi connectivity index (χ2n) is 5.27. The third kappa shape index (κ3) is 5.93. The Kier molecular flexibility index (Phi) is 6.04. The Morgan fingerprint density at radius 3 is 2.14 bits per heavy atom. The van der Waals surface area contributed by atoms with Crippen LogP contribution >= 0.6 is 0 Å². The minimum absolute atomic E-state index is 0.0480. The quantitative estimate of drug-likeness (QED) is 0.836. The zero-order valence-electron chi connectivity index (χ0n) is 12.8. The van der Waals surface area contributed by atoms with Crippen molar-refractivity contribution in [3.8, 4) is 5.75 Å². The van der Waals surface area contributed by atoms with Crippen molar-refractivity contribution >= 4 is 0 Å². The van der Waals surface area contributed by atoms with Crippen LogP contribution in [0.4, 0.5) is 13.2 Å². The third-order valence-electron chi connectivity index (χ3n) is 3.30. The van der Waals surface area contributed by atoms with E-state index < -0.39 is 6.36 Å². The minimum atomic E-state index is -4.66. The lowest BCUT2D eigenvalue weighted by atomic mass is 9.92. The topological polar surface area (TPSA) is 30.5 Å². The molecule has 1 unspecified atom stereocenters. The lowest BCUT2D eigenvalue weighted by Crippen LogP contribution is -2.48. The molecule has 0 saturated heterocycles. The minimum Gasteiger partial charge on any atom is -0.406 e. The SMILES string of the molecule is CCOC(C)(C)C(Cc1ccc(OC(F)(F)F)cc1)NC. The predicted molar refractivity (Wildman–Crippen MR) is 75.4 cm³/mol. The molecule has 0 aromatic heterocycles. The Labute approximate surface area is 123 Å². The molecule has 0 heterocycles.